The number of hydrogen-bond donors (Lipinski definition) is 2. The number of halogens is 2. The van der Waals surface area contributed by atoms with Gasteiger partial charge in [0.05, 0.1) is 29.0 Å². The number of alkyl carbamates (subject to hydrolysis) is 1. The molecule has 12 nitrogen and oxygen atoms in total. The van der Waals surface area contributed by atoms with Crippen LogP contribution in [0.25, 0.3) is 10.9 Å². The second-order valence-electron chi connectivity index (χ2n) is 12.2. The summed E-state index contributed by atoms with van der Waals surface area (Å²) in [6, 6.07) is 7.50. The van der Waals surface area contributed by atoms with Crippen molar-refractivity contribution in [1.82, 2.24) is 19.2 Å². The third kappa shape index (κ3) is 6.97. The number of anilines is 1. The molecule has 5 rings (SSSR count). The Balaban J connectivity index is 1.46. The predicted octanol–water partition coefficient (Wildman–Crippen LogP) is 4.93. The molecule has 1 fully saturated rings. The number of benzene rings is 2. The van der Waals surface area contributed by atoms with Crippen molar-refractivity contribution in [3.8, 4) is 17.6 Å². The zero-order chi connectivity index (χ0) is 33.4. The van der Waals surface area contributed by atoms with E-state index < -0.39 is 56.8 Å². The van der Waals surface area contributed by atoms with Crippen LogP contribution < -0.4 is 20.3 Å². The molecule has 2 heterocycles. The van der Waals surface area contributed by atoms with Crippen molar-refractivity contribution >= 4 is 32.9 Å². The number of aromatic nitrogens is 2. The molecule has 0 radical (unpaired) electrons. The summed E-state index contributed by atoms with van der Waals surface area (Å²) in [4.78, 5) is 30.6. The fourth-order valence-corrected chi connectivity index (χ4v) is 6.59. The number of fused-ring (bicyclic) bond motifs is 1. The van der Waals surface area contributed by atoms with Gasteiger partial charge < -0.3 is 14.8 Å². The Labute approximate surface area is 264 Å². The summed E-state index contributed by atoms with van der Waals surface area (Å²) in [5.41, 5.74) is -0.588. The summed E-state index contributed by atoms with van der Waals surface area (Å²) in [5.74, 6) is -1.36. The zero-order valence-electron chi connectivity index (χ0n) is 25.7. The molecule has 1 aromatic heterocycles. The van der Waals surface area contributed by atoms with Crippen molar-refractivity contribution in [2.45, 2.75) is 58.4 Å². The first kappa shape index (κ1) is 32.8. The Morgan fingerprint density at radius 3 is 2.63 bits per heavy atom. The molecule has 3 aromatic rings. The molecule has 244 valence electrons. The van der Waals surface area contributed by atoms with Gasteiger partial charge in [0.2, 0.25) is 0 Å². The molecule has 2 N–H and O–H groups in total. The molecule has 0 saturated carbocycles. The standard InChI is InChI=1S/C31H34F2N6O6S/c1-18-5-7-21(18)27(15-35-30(41)45-31(2,3)4)39-17-36-25-9-6-20(13-22(25)29(39)40)44-28-23(14-34)26(10-8-24(28)33)37-46(42,43)38-12-11-19(32)16-38/h6-10,13,17-19,27,37H,5,11-12,15-16H2,1-4H3,(H,35,41)/t18-,19-,27?/m1/s1. The first-order valence-corrected chi connectivity index (χ1v) is 16.1. The number of rotatable bonds is 9. The third-order valence-corrected chi connectivity index (χ3v) is 9.19. The summed E-state index contributed by atoms with van der Waals surface area (Å²) in [5, 5.41) is 12.7. The van der Waals surface area contributed by atoms with Crippen molar-refractivity contribution in [3.63, 3.8) is 0 Å². The normalized spacial score (nSPS) is 19.1. The van der Waals surface area contributed by atoms with Gasteiger partial charge in [-0.05, 0) is 75.4 Å². The maximum absolute atomic E-state index is 15.0. The lowest BCUT2D eigenvalue weighted by molar-refractivity contribution is 0.0521. The largest absolute Gasteiger partial charge is 0.453 e. The van der Waals surface area contributed by atoms with Gasteiger partial charge in [-0.15, -0.1) is 0 Å². The lowest BCUT2D eigenvalue weighted by Crippen LogP contribution is -2.40. The van der Waals surface area contributed by atoms with E-state index in [2.05, 4.69) is 15.0 Å². The predicted molar refractivity (Wildman–Crippen MR) is 166 cm³/mol. The van der Waals surface area contributed by atoms with Crippen molar-refractivity contribution in [1.29, 1.82) is 5.26 Å². The highest BCUT2D eigenvalue weighted by molar-refractivity contribution is 7.90. The summed E-state index contributed by atoms with van der Waals surface area (Å²) < 4.78 is 69.9. The minimum atomic E-state index is -4.23. The van der Waals surface area contributed by atoms with Crippen molar-refractivity contribution in [2.24, 2.45) is 5.92 Å². The minimum Gasteiger partial charge on any atom is -0.453 e. The number of nitriles is 1. The lowest BCUT2D eigenvalue weighted by atomic mass is 9.81. The molecule has 46 heavy (non-hydrogen) atoms. The van der Waals surface area contributed by atoms with Crippen LogP contribution >= 0.6 is 0 Å². The Hall–Kier alpha value is -4.55. The second kappa shape index (κ2) is 12.7. The molecule has 1 aliphatic carbocycles. The number of carbonyl (C=O) groups is 1. The number of allylic oxidation sites excluding steroid dienone is 1. The van der Waals surface area contributed by atoms with E-state index in [1.807, 2.05) is 13.0 Å². The summed E-state index contributed by atoms with van der Waals surface area (Å²) in [6.07, 6.45) is 2.32. The molecule has 1 unspecified atom stereocenters. The van der Waals surface area contributed by atoms with Crippen LogP contribution in [0.2, 0.25) is 0 Å². The maximum Gasteiger partial charge on any atom is 0.407 e. The SMILES string of the molecule is C[C@@H]1CC=C1C(CNC(=O)OC(C)(C)C)n1cnc2ccc(Oc3c(F)ccc(NS(=O)(=O)N4CC[C@@H](F)C4)c3C#N)cc2c1=O. The third-order valence-electron chi connectivity index (χ3n) is 7.70. The fraction of sp³-hybridized carbons (Fsp3) is 0.419. The highest BCUT2D eigenvalue weighted by Gasteiger charge is 2.33. The quantitative estimate of drug-likeness (QED) is 0.307. The zero-order valence-corrected chi connectivity index (χ0v) is 26.5. The monoisotopic (exact) mass is 656 g/mol. The van der Waals surface area contributed by atoms with Gasteiger partial charge in [-0.1, -0.05) is 13.0 Å². The number of carbonyl (C=O) groups excluding carboxylic acids is 1. The van der Waals surface area contributed by atoms with Crippen LogP contribution in [0.1, 0.15) is 52.1 Å². The van der Waals surface area contributed by atoms with Crippen LogP contribution in [0.4, 0.5) is 19.3 Å². The van der Waals surface area contributed by atoms with E-state index in [9.17, 15) is 27.7 Å². The van der Waals surface area contributed by atoms with Crippen LogP contribution in [0.15, 0.2) is 53.1 Å². The molecule has 3 atom stereocenters. The minimum absolute atomic E-state index is 0.0148. The van der Waals surface area contributed by atoms with Gasteiger partial charge in [-0.25, -0.2) is 18.6 Å². The average molecular weight is 657 g/mol. The second-order valence-corrected chi connectivity index (χ2v) is 13.9. The van der Waals surface area contributed by atoms with Gasteiger partial charge in [0, 0.05) is 19.6 Å². The highest BCUT2D eigenvalue weighted by atomic mass is 32.2. The van der Waals surface area contributed by atoms with E-state index in [1.54, 1.807) is 26.8 Å². The molecule has 2 aliphatic rings. The number of hydrogen-bond acceptors (Lipinski definition) is 8. The van der Waals surface area contributed by atoms with Crippen LogP contribution in [0, 0.1) is 23.1 Å². The molecular formula is C31H34F2N6O6S. The number of ether oxygens (including phenoxy) is 2. The van der Waals surface area contributed by atoms with Crippen LogP contribution in [-0.4, -0.2) is 59.8 Å². The highest BCUT2D eigenvalue weighted by Crippen LogP contribution is 2.36. The van der Waals surface area contributed by atoms with E-state index in [0.29, 0.717) is 5.52 Å². The van der Waals surface area contributed by atoms with Crippen molar-refractivity contribution in [3.05, 3.63) is 70.0 Å². The molecule has 0 spiro atoms. The first-order chi connectivity index (χ1) is 21.7. The van der Waals surface area contributed by atoms with Gasteiger partial charge in [0.1, 0.15) is 29.2 Å². The van der Waals surface area contributed by atoms with E-state index in [0.717, 1.165) is 28.4 Å². The van der Waals surface area contributed by atoms with Crippen molar-refractivity contribution < 1.29 is 31.5 Å². The van der Waals surface area contributed by atoms with E-state index in [4.69, 9.17) is 9.47 Å². The number of nitrogens with zero attached hydrogens (tertiary/aromatic N) is 4. The lowest BCUT2D eigenvalue weighted by Gasteiger charge is -2.32. The number of nitrogens with one attached hydrogen (secondary N) is 2. The first-order valence-electron chi connectivity index (χ1n) is 14.7. The molecule has 15 heteroatoms. The molecular weight excluding hydrogens is 622 g/mol. The summed E-state index contributed by atoms with van der Waals surface area (Å²) in [7, 11) is -4.23. The van der Waals surface area contributed by atoms with Gasteiger partial charge in [0.15, 0.2) is 11.6 Å². The molecule has 1 saturated heterocycles. The van der Waals surface area contributed by atoms with Gasteiger partial charge in [-0.2, -0.15) is 18.0 Å². The molecule has 1 aliphatic heterocycles. The van der Waals surface area contributed by atoms with E-state index >= 15 is 4.39 Å². The maximum atomic E-state index is 15.0. The average Bonchev–Trinajstić information content (AvgIpc) is 3.43. The number of alkyl halides is 1. The Kier molecular flexibility index (Phi) is 9.05. The van der Waals surface area contributed by atoms with Crippen LogP contribution in [0.5, 0.6) is 11.5 Å². The summed E-state index contributed by atoms with van der Waals surface area (Å²) >= 11 is 0. The molecule has 2 aromatic carbocycles. The van der Waals surface area contributed by atoms with Crippen LogP contribution in [-0.2, 0) is 14.9 Å². The Bertz CT molecular complexity index is 1920. The number of amides is 1. The topological polar surface area (TPSA) is 156 Å². The fourth-order valence-electron chi connectivity index (χ4n) is 5.31. The van der Waals surface area contributed by atoms with Crippen LogP contribution in [0.3, 0.4) is 0 Å². The smallest absolute Gasteiger partial charge is 0.407 e. The van der Waals surface area contributed by atoms with E-state index in [-0.39, 0.29) is 48.8 Å². The van der Waals surface area contributed by atoms with Crippen molar-refractivity contribution in [2.75, 3.05) is 24.4 Å². The van der Waals surface area contributed by atoms with Gasteiger partial charge in [0.25, 0.3) is 5.56 Å². The van der Waals surface area contributed by atoms with Gasteiger partial charge >= 0.3 is 16.3 Å². The molecule has 0 bridgehead atoms. The van der Waals surface area contributed by atoms with E-state index in [1.165, 1.54) is 29.1 Å². The van der Waals surface area contributed by atoms with Gasteiger partial charge in [-0.3, -0.25) is 14.1 Å². The Morgan fingerprint density at radius 2 is 2.02 bits per heavy atom. The Morgan fingerprint density at radius 1 is 1.26 bits per heavy atom. The summed E-state index contributed by atoms with van der Waals surface area (Å²) in [6.45, 7) is 6.94. The molecule has 1 amide bonds.